The molecule has 0 bridgehead atoms. The van der Waals surface area contributed by atoms with E-state index in [0.717, 1.165) is 25.8 Å². The highest BCUT2D eigenvalue weighted by Gasteiger charge is 2.05. The molecule has 0 aliphatic heterocycles. The zero-order valence-electron chi connectivity index (χ0n) is 7.88. The SMILES string of the molecule is C=CC(=O)CC(C)CCCCN. The minimum absolute atomic E-state index is 0.148. The predicted octanol–water partition coefficient (Wildman–Crippen LogP) is 1.90. The van der Waals surface area contributed by atoms with Crippen LogP contribution in [0.4, 0.5) is 0 Å². The fourth-order valence-electron chi connectivity index (χ4n) is 1.17. The van der Waals surface area contributed by atoms with Crippen molar-refractivity contribution in [1.29, 1.82) is 0 Å². The minimum atomic E-state index is 0.148. The Morgan fingerprint density at radius 2 is 2.25 bits per heavy atom. The van der Waals surface area contributed by atoms with Crippen molar-refractivity contribution in [1.82, 2.24) is 0 Å². The molecule has 0 radical (unpaired) electrons. The highest BCUT2D eigenvalue weighted by atomic mass is 16.1. The Bertz CT molecular complexity index is 143. The van der Waals surface area contributed by atoms with Crippen LogP contribution >= 0.6 is 0 Å². The van der Waals surface area contributed by atoms with Gasteiger partial charge in [-0.2, -0.15) is 0 Å². The Morgan fingerprint density at radius 3 is 2.75 bits per heavy atom. The number of unbranched alkanes of at least 4 members (excludes halogenated alkanes) is 1. The van der Waals surface area contributed by atoms with Gasteiger partial charge < -0.3 is 5.73 Å². The lowest BCUT2D eigenvalue weighted by atomic mass is 9.98. The minimum Gasteiger partial charge on any atom is -0.330 e. The molecule has 0 aromatic heterocycles. The van der Waals surface area contributed by atoms with E-state index in [-0.39, 0.29) is 5.78 Å². The molecule has 0 aromatic carbocycles. The van der Waals surface area contributed by atoms with Gasteiger partial charge in [0.15, 0.2) is 5.78 Å². The molecule has 0 fully saturated rings. The van der Waals surface area contributed by atoms with Crippen molar-refractivity contribution in [3.05, 3.63) is 12.7 Å². The number of allylic oxidation sites excluding steroid dienone is 1. The Morgan fingerprint density at radius 1 is 1.58 bits per heavy atom. The number of ketones is 1. The molecule has 2 heteroatoms. The van der Waals surface area contributed by atoms with Crippen LogP contribution in [0.2, 0.25) is 0 Å². The lowest BCUT2D eigenvalue weighted by molar-refractivity contribution is -0.115. The average molecular weight is 169 g/mol. The standard InChI is InChI=1S/C10H19NO/c1-3-10(12)8-9(2)6-4-5-7-11/h3,9H,1,4-8,11H2,2H3. The molecule has 1 atom stereocenters. The molecule has 0 aromatic rings. The van der Waals surface area contributed by atoms with Crippen molar-refractivity contribution in [2.75, 3.05) is 6.54 Å². The third-order valence-corrected chi connectivity index (χ3v) is 1.93. The van der Waals surface area contributed by atoms with Crippen LogP contribution in [0.15, 0.2) is 12.7 Å². The monoisotopic (exact) mass is 169 g/mol. The zero-order valence-corrected chi connectivity index (χ0v) is 7.88. The summed E-state index contributed by atoms with van der Waals surface area (Å²) in [5.41, 5.74) is 5.36. The third-order valence-electron chi connectivity index (χ3n) is 1.93. The van der Waals surface area contributed by atoms with E-state index in [1.54, 1.807) is 0 Å². The average Bonchev–Trinajstić information content (AvgIpc) is 2.05. The molecular formula is C10H19NO. The predicted molar refractivity (Wildman–Crippen MR) is 51.9 cm³/mol. The second-order valence-electron chi connectivity index (χ2n) is 3.26. The first kappa shape index (κ1) is 11.4. The van der Waals surface area contributed by atoms with E-state index in [4.69, 9.17) is 5.73 Å². The number of hydrogen-bond donors (Lipinski definition) is 1. The number of carbonyl (C=O) groups is 1. The Balaban J connectivity index is 3.38. The third kappa shape index (κ3) is 6.10. The van der Waals surface area contributed by atoms with Crippen molar-refractivity contribution in [2.24, 2.45) is 11.7 Å². The Hall–Kier alpha value is -0.630. The van der Waals surface area contributed by atoms with Gasteiger partial charge in [0.25, 0.3) is 0 Å². The molecule has 70 valence electrons. The zero-order chi connectivity index (χ0) is 9.40. The molecule has 0 saturated carbocycles. The van der Waals surface area contributed by atoms with Gasteiger partial charge >= 0.3 is 0 Å². The largest absolute Gasteiger partial charge is 0.330 e. The fraction of sp³-hybridized carbons (Fsp3) is 0.700. The van der Waals surface area contributed by atoms with E-state index in [9.17, 15) is 4.79 Å². The smallest absolute Gasteiger partial charge is 0.155 e. The molecule has 2 nitrogen and oxygen atoms in total. The summed E-state index contributed by atoms with van der Waals surface area (Å²) in [5.74, 6) is 0.622. The van der Waals surface area contributed by atoms with Crippen LogP contribution < -0.4 is 5.73 Å². The summed E-state index contributed by atoms with van der Waals surface area (Å²) in [7, 11) is 0. The van der Waals surface area contributed by atoms with Crippen LogP contribution in [-0.4, -0.2) is 12.3 Å². The number of carbonyl (C=O) groups excluding carboxylic acids is 1. The van der Waals surface area contributed by atoms with Gasteiger partial charge in [-0.15, -0.1) is 0 Å². The van der Waals surface area contributed by atoms with Gasteiger partial charge in [-0.05, 0) is 25.0 Å². The van der Waals surface area contributed by atoms with Crippen molar-refractivity contribution in [3.63, 3.8) is 0 Å². The van der Waals surface area contributed by atoms with Gasteiger partial charge in [-0.25, -0.2) is 0 Å². The quantitative estimate of drug-likeness (QED) is 0.467. The topological polar surface area (TPSA) is 43.1 Å². The second kappa shape index (κ2) is 7.04. The normalized spacial score (nSPS) is 12.5. The number of rotatable bonds is 7. The lowest BCUT2D eigenvalue weighted by Crippen LogP contribution is -2.04. The van der Waals surface area contributed by atoms with Crippen molar-refractivity contribution >= 4 is 5.78 Å². The van der Waals surface area contributed by atoms with Gasteiger partial charge in [0.2, 0.25) is 0 Å². The molecular weight excluding hydrogens is 150 g/mol. The summed E-state index contributed by atoms with van der Waals surface area (Å²) in [6.07, 6.45) is 5.32. The van der Waals surface area contributed by atoms with E-state index in [2.05, 4.69) is 13.5 Å². The molecule has 0 rings (SSSR count). The molecule has 2 N–H and O–H groups in total. The van der Waals surface area contributed by atoms with Crippen LogP contribution in [0.1, 0.15) is 32.6 Å². The maximum absolute atomic E-state index is 10.9. The number of hydrogen-bond acceptors (Lipinski definition) is 2. The van der Waals surface area contributed by atoms with Gasteiger partial charge in [-0.1, -0.05) is 26.3 Å². The molecule has 0 heterocycles. The molecule has 0 saturated heterocycles. The van der Waals surface area contributed by atoms with Gasteiger partial charge in [0, 0.05) is 6.42 Å². The fourth-order valence-corrected chi connectivity index (χ4v) is 1.17. The van der Waals surface area contributed by atoms with Crippen LogP contribution in [-0.2, 0) is 4.79 Å². The molecule has 0 amide bonds. The van der Waals surface area contributed by atoms with Crippen LogP contribution in [0.3, 0.4) is 0 Å². The Kier molecular flexibility index (Phi) is 6.67. The number of nitrogens with two attached hydrogens (primary N) is 1. The molecule has 1 unspecified atom stereocenters. The summed E-state index contributed by atoms with van der Waals surface area (Å²) < 4.78 is 0. The maximum atomic E-state index is 10.9. The molecule has 0 spiro atoms. The van der Waals surface area contributed by atoms with E-state index in [0.29, 0.717) is 12.3 Å². The summed E-state index contributed by atoms with van der Waals surface area (Å²) in [6, 6.07) is 0. The van der Waals surface area contributed by atoms with Crippen LogP contribution in [0.25, 0.3) is 0 Å². The van der Waals surface area contributed by atoms with E-state index < -0.39 is 0 Å². The summed E-state index contributed by atoms with van der Waals surface area (Å²) in [5, 5.41) is 0. The molecule has 0 aliphatic rings. The first-order valence-electron chi connectivity index (χ1n) is 4.56. The van der Waals surface area contributed by atoms with Crippen molar-refractivity contribution < 1.29 is 4.79 Å². The summed E-state index contributed by atoms with van der Waals surface area (Å²) in [4.78, 5) is 10.9. The van der Waals surface area contributed by atoms with Gasteiger partial charge in [0.05, 0.1) is 0 Å². The van der Waals surface area contributed by atoms with Gasteiger partial charge in [0.1, 0.15) is 0 Å². The van der Waals surface area contributed by atoms with Crippen molar-refractivity contribution in [3.8, 4) is 0 Å². The van der Waals surface area contributed by atoms with Gasteiger partial charge in [-0.3, -0.25) is 4.79 Å². The Labute approximate surface area is 74.8 Å². The van der Waals surface area contributed by atoms with Crippen LogP contribution in [0.5, 0.6) is 0 Å². The van der Waals surface area contributed by atoms with Crippen molar-refractivity contribution in [2.45, 2.75) is 32.6 Å². The summed E-state index contributed by atoms with van der Waals surface area (Å²) >= 11 is 0. The highest BCUT2D eigenvalue weighted by molar-refractivity contribution is 5.89. The molecule has 12 heavy (non-hydrogen) atoms. The van der Waals surface area contributed by atoms with Crippen LogP contribution in [0, 0.1) is 5.92 Å². The lowest BCUT2D eigenvalue weighted by Gasteiger charge is -2.07. The second-order valence-corrected chi connectivity index (χ2v) is 3.26. The first-order valence-corrected chi connectivity index (χ1v) is 4.56. The van der Waals surface area contributed by atoms with E-state index in [1.165, 1.54) is 6.08 Å². The maximum Gasteiger partial charge on any atom is 0.155 e. The van der Waals surface area contributed by atoms with E-state index >= 15 is 0 Å². The highest BCUT2D eigenvalue weighted by Crippen LogP contribution is 2.11. The summed E-state index contributed by atoms with van der Waals surface area (Å²) in [6.45, 7) is 6.29. The van der Waals surface area contributed by atoms with E-state index in [1.807, 2.05) is 0 Å². The molecule has 0 aliphatic carbocycles. The first-order chi connectivity index (χ1) is 5.70.